The third-order valence-electron chi connectivity index (χ3n) is 3.14. The third kappa shape index (κ3) is 3.53. The predicted molar refractivity (Wildman–Crippen MR) is 82.6 cm³/mol. The summed E-state index contributed by atoms with van der Waals surface area (Å²) in [7, 11) is -2.01. The van der Waals surface area contributed by atoms with E-state index in [0.717, 1.165) is 5.56 Å². The van der Waals surface area contributed by atoms with E-state index in [2.05, 4.69) is 4.72 Å². The molecule has 112 valence electrons. The van der Waals surface area contributed by atoms with Crippen LogP contribution >= 0.6 is 0 Å². The van der Waals surface area contributed by atoms with E-state index in [9.17, 15) is 8.42 Å². The summed E-state index contributed by atoms with van der Waals surface area (Å²) in [6, 6.07) is 12.0. The van der Waals surface area contributed by atoms with E-state index >= 15 is 0 Å². The molecule has 0 aliphatic carbocycles. The quantitative estimate of drug-likeness (QED) is 0.829. The molecule has 0 amide bonds. The summed E-state index contributed by atoms with van der Waals surface area (Å²) in [6.07, 6.45) is 0. The number of nitrogens with one attached hydrogen (secondary N) is 1. The highest BCUT2D eigenvalue weighted by molar-refractivity contribution is 7.89. The van der Waals surface area contributed by atoms with Gasteiger partial charge < -0.3 is 10.5 Å². The monoisotopic (exact) mass is 306 g/mol. The molecular weight excluding hydrogens is 288 g/mol. The molecule has 2 aromatic carbocycles. The summed E-state index contributed by atoms with van der Waals surface area (Å²) in [4.78, 5) is 0.284. The van der Waals surface area contributed by atoms with E-state index in [0.29, 0.717) is 17.0 Å². The van der Waals surface area contributed by atoms with Crippen molar-refractivity contribution in [2.24, 2.45) is 0 Å². The van der Waals surface area contributed by atoms with Crippen molar-refractivity contribution in [2.75, 3.05) is 12.8 Å². The summed E-state index contributed by atoms with van der Waals surface area (Å²) in [5.74, 6) is 0.570. The third-order valence-corrected chi connectivity index (χ3v) is 4.71. The van der Waals surface area contributed by atoms with Gasteiger partial charge in [0.15, 0.2) is 0 Å². The fraction of sp³-hybridized carbons (Fsp3) is 0.200. The Kier molecular flexibility index (Phi) is 4.50. The van der Waals surface area contributed by atoms with Crippen LogP contribution in [0.25, 0.3) is 0 Å². The molecule has 2 rings (SSSR count). The number of methoxy groups -OCH3 is 1. The van der Waals surface area contributed by atoms with Gasteiger partial charge in [-0.15, -0.1) is 0 Å². The maximum atomic E-state index is 12.3. The molecule has 0 saturated heterocycles. The van der Waals surface area contributed by atoms with E-state index in [-0.39, 0.29) is 11.4 Å². The van der Waals surface area contributed by atoms with Crippen LogP contribution in [-0.2, 0) is 16.6 Å². The van der Waals surface area contributed by atoms with Crippen molar-refractivity contribution in [2.45, 2.75) is 18.4 Å². The standard InChI is InChI=1S/C15H18N2O3S/c1-11-5-3-4-6-15(11)21(18,19)17-10-12-7-8-14(20-2)13(16)9-12/h3-9,17H,10,16H2,1-2H3. The first-order valence-electron chi connectivity index (χ1n) is 6.42. The minimum atomic E-state index is -3.54. The number of rotatable bonds is 5. The number of anilines is 1. The van der Waals surface area contributed by atoms with Gasteiger partial charge in [0.05, 0.1) is 17.7 Å². The zero-order chi connectivity index (χ0) is 15.5. The van der Waals surface area contributed by atoms with Crippen LogP contribution in [0.3, 0.4) is 0 Å². The van der Waals surface area contributed by atoms with Gasteiger partial charge in [0, 0.05) is 6.54 Å². The molecule has 0 aliphatic heterocycles. The minimum absolute atomic E-state index is 0.171. The van der Waals surface area contributed by atoms with Crippen LogP contribution in [0, 0.1) is 6.92 Å². The molecule has 2 aromatic rings. The second-order valence-electron chi connectivity index (χ2n) is 4.67. The van der Waals surface area contributed by atoms with Crippen LogP contribution in [0.4, 0.5) is 5.69 Å². The second kappa shape index (κ2) is 6.15. The lowest BCUT2D eigenvalue weighted by molar-refractivity contribution is 0.417. The summed E-state index contributed by atoms with van der Waals surface area (Å²) in [5, 5.41) is 0. The van der Waals surface area contributed by atoms with Crippen LogP contribution in [0.15, 0.2) is 47.4 Å². The number of hydrogen-bond donors (Lipinski definition) is 2. The van der Waals surface area contributed by atoms with E-state index < -0.39 is 10.0 Å². The largest absolute Gasteiger partial charge is 0.495 e. The van der Waals surface area contributed by atoms with Gasteiger partial charge in [-0.25, -0.2) is 13.1 Å². The van der Waals surface area contributed by atoms with E-state index in [1.54, 1.807) is 49.4 Å². The maximum absolute atomic E-state index is 12.3. The molecule has 0 saturated carbocycles. The summed E-state index contributed by atoms with van der Waals surface area (Å²) in [6.45, 7) is 1.94. The first-order chi connectivity index (χ1) is 9.94. The van der Waals surface area contributed by atoms with Crippen molar-refractivity contribution in [3.8, 4) is 5.75 Å². The van der Waals surface area contributed by atoms with Gasteiger partial charge in [0.2, 0.25) is 10.0 Å². The van der Waals surface area contributed by atoms with Gasteiger partial charge in [0.1, 0.15) is 5.75 Å². The number of nitrogens with two attached hydrogens (primary N) is 1. The Hall–Kier alpha value is -2.05. The summed E-state index contributed by atoms with van der Waals surface area (Å²) < 4.78 is 32.2. The molecule has 0 unspecified atom stereocenters. The molecule has 0 atom stereocenters. The number of nitrogen functional groups attached to an aromatic ring is 1. The maximum Gasteiger partial charge on any atom is 0.241 e. The fourth-order valence-electron chi connectivity index (χ4n) is 2.01. The number of benzene rings is 2. The van der Waals surface area contributed by atoms with Gasteiger partial charge in [-0.2, -0.15) is 0 Å². The van der Waals surface area contributed by atoms with E-state index in [4.69, 9.17) is 10.5 Å². The zero-order valence-electron chi connectivity index (χ0n) is 12.0. The lowest BCUT2D eigenvalue weighted by atomic mass is 10.2. The van der Waals surface area contributed by atoms with Crippen LogP contribution in [0.1, 0.15) is 11.1 Å². The Bertz CT molecular complexity index is 742. The number of hydrogen-bond acceptors (Lipinski definition) is 4. The number of aryl methyl sites for hydroxylation is 1. The molecule has 0 radical (unpaired) electrons. The average molecular weight is 306 g/mol. The van der Waals surface area contributed by atoms with Crippen molar-refractivity contribution < 1.29 is 13.2 Å². The minimum Gasteiger partial charge on any atom is -0.495 e. The average Bonchev–Trinajstić information content (AvgIpc) is 2.45. The first-order valence-corrected chi connectivity index (χ1v) is 7.90. The highest BCUT2D eigenvalue weighted by Crippen LogP contribution is 2.22. The molecule has 6 heteroatoms. The van der Waals surface area contributed by atoms with Crippen LogP contribution in [-0.4, -0.2) is 15.5 Å². The summed E-state index contributed by atoms with van der Waals surface area (Å²) in [5.41, 5.74) is 7.76. The summed E-state index contributed by atoms with van der Waals surface area (Å²) >= 11 is 0. The Morgan fingerprint density at radius 1 is 1.19 bits per heavy atom. The molecule has 0 aromatic heterocycles. The topological polar surface area (TPSA) is 81.4 Å². The Balaban J connectivity index is 2.16. The molecule has 21 heavy (non-hydrogen) atoms. The fourth-order valence-corrected chi connectivity index (χ4v) is 3.27. The smallest absolute Gasteiger partial charge is 0.241 e. The molecular formula is C15H18N2O3S. The van der Waals surface area contributed by atoms with Crippen molar-refractivity contribution in [3.05, 3.63) is 53.6 Å². The van der Waals surface area contributed by atoms with Crippen molar-refractivity contribution in [3.63, 3.8) is 0 Å². The zero-order valence-corrected chi connectivity index (χ0v) is 12.8. The molecule has 0 fully saturated rings. The van der Waals surface area contributed by atoms with Crippen molar-refractivity contribution in [1.82, 2.24) is 4.72 Å². The lowest BCUT2D eigenvalue weighted by Crippen LogP contribution is -2.24. The molecule has 0 spiro atoms. The predicted octanol–water partition coefficient (Wildman–Crippen LogP) is 2.06. The Morgan fingerprint density at radius 2 is 1.90 bits per heavy atom. The van der Waals surface area contributed by atoms with Gasteiger partial charge in [-0.3, -0.25) is 0 Å². The normalized spacial score (nSPS) is 11.3. The van der Waals surface area contributed by atoms with Crippen molar-refractivity contribution >= 4 is 15.7 Å². The van der Waals surface area contributed by atoms with E-state index in [1.165, 1.54) is 7.11 Å². The van der Waals surface area contributed by atoms with E-state index in [1.807, 2.05) is 0 Å². The van der Waals surface area contributed by atoms with Crippen LogP contribution < -0.4 is 15.2 Å². The SMILES string of the molecule is COc1ccc(CNS(=O)(=O)c2ccccc2C)cc1N. The Morgan fingerprint density at radius 3 is 2.52 bits per heavy atom. The second-order valence-corrected chi connectivity index (χ2v) is 6.40. The highest BCUT2D eigenvalue weighted by atomic mass is 32.2. The van der Waals surface area contributed by atoms with Gasteiger partial charge in [-0.05, 0) is 36.2 Å². The lowest BCUT2D eigenvalue weighted by Gasteiger charge is -2.10. The Labute approximate surface area is 124 Å². The van der Waals surface area contributed by atoms with Gasteiger partial charge in [0.25, 0.3) is 0 Å². The van der Waals surface area contributed by atoms with Gasteiger partial charge >= 0.3 is 0 Å². The number of ether oxygens (including phenoxy) is 1. The van der Waals surface area contributed by atoms with Gasteiger partial charge in [-0.1, -0.05) is 24.3 Å². The van der Waals surface area contributed by atoms with Crippen molar-refractivity contribution in [1.29, 1.82) is 0 Å². The van der Waals surface area contributed by atoms with Crippen LogP contribution in [0.5, 0.6) is 5.75 Å². The van der Waals surface area contributed by atoms with Crippen LogP contribution in [0.2, 0.25) is 0 Å². The molecule has 0 bridgehead atoms. The molecule has 5 nitrogen and oxygen atoms in total. The molecule has 0 heterocycles. The first kappa shape index (κ1) is 15.3. The highest BCUT2D eigenvalue weighted by Gasteiger charge is 2.15. The number of sulfonamides is 1. The molecule has 3 N–H and O–H groups in total. The molecule has 0 aliphatic rings.